The third-order valence-corrected chi connectivity index (χ3v) is 2.25. The molecule has 0 atom stereocenters. The fraction of sp³-hybridized carbons (Fsp3) is 0.462. The molecule has 1 aliphatic heterocycles. The quantitative estimate of drug-likeness (QED) is 0.626. The van der Waals surface area contributed by atoms with Gasteiger partial charge in [0.2, 0.25) is 0 Å². The highest BCUT2D eigenvalue weighted by molar-refractivity contribution is 5.75. The summed E-state index contributed by atoms with van der Waals surface area (Å²) in [7, 11) is 0. The highest BCUT2D eigenvalue weighted by Gasteiger charge is 2.06. The van der Waals surface area contributed by atoms with E-state index in [-0.39, 0.29) is 0 Å². The molecule has 0 bridgehead atoms. The van der Waals surface area contributed by atoms with E-state index in [0.717, 1.165) is 13.1 Å². The van der Waals surface area contributed by atoms with Crippen molar-refractivity contribution in [1.82, 2.24) is 5.32 Å². The van der Waals surface area contributed by atoms with E-state index in [1.165, 1.54) is 23.1 Å². The van der Waals surface area contributed by atoms with Gasteiger partial charge in [0.05, 0.1) is 0 Å². The van der Waals surface area contributed by atoms with Crippen molar-refractivity contribution in [2.75, 3.05) is 6.54 Å². The van der Waals surface area contributed by atoms with E-state index < -0.39 is 0 Å². The zero-order valence-corrected chi connectivity index (χ0v) is 9.85. The van der Waals surface area contributed by atoms with Gasteiger partial charge in [-0.05, 0) is 44.9 Å². The average molecular weight is 204 g/mol. The lowest BCUT2D eigenvalue weighted by Crippen LogP contribution is -2.23. The normalized spacial score (nSPS) is 13.5. The van der Waals surface area contributed by atoms with Gasteiger partial charge in [-0.2, -0.15) is 0 Å². The highest BCUT2D eigenvalue weighted by Crippen LogP contribution is 2.14. The molecule has 0 aromatic heterocycles. The van der Waals surface area contributed by atoms with Gasteiger partial charge in [0, 0.05) is 12.3 Å². The Labute approximate surface area is 92.2 Å². The van der Waals surface area contributed by atoms with Gasteiger partial charge in [0.25, 0.3) is 0 Å². The standard InChI is InChI=1S/C10H13N.C3H7N/c1-8-2-3-9-4-5-11-7-10(9)6-8;1-3(2)4/h2-3,6,11H,4-5,7H2,1H3;4H,1-2H3. The zero-order chi connectivity index (χ0) is 11.3. The minimum absolute atomic E-state index is 0.667. The number of fused-ring (bicyclic) bond motifs is 1. The topological polar surface area (TPSA) is 35.9 Å². The predicted octanol–water partition coefficient (Wildman–Crippen LogP) is 2.69. The van der Waals surface area contributed by atoms with Crippen LogP contribution in [0.5, 0.6) is 0 Å². The van der Waals surface area contributed by atoms with Gasteiger partial charge in [-0.1, -0.05) is 23.8 Å². The van der Waals surface area contributed by atoms with Crippen molar-refractivity contribution >= 4 is 5.71 Å². The largest absolute Gasteiger partial charge is 0.312 e. The molecule has 15 heavy (non-hydrogen) atoms. The van der Waals surface area contributed by atoms with Crippen molar-refractivity contribution in [3.63, 3.8) is 0 Å². The Balaban J connectivity index is 0.000000245. The second-order valence-electron chi connectivity index (χ2n) is 4.20. The van der Waals surface area contributed by atoms with Crippen LogP contribution in [0.4, 0.5) is 0 Å². The molecule has 0 radical (unpaired) electrons. The lowest BCUT2D eigenvalue weighted by Gasteiger charge is -2.16. The summed E-state index contributed by atoms with van der Waals surface area (Å²) >= 11 is 0. The van der Waals surface area contributed by atoms with Crippen LogP contribution in [-0.2, 0) is 13.0 Å². The maximum Gasteiger partial charge on any atom is 0.0208 e. The fourth-order valence-electron chi connectivity index (χ4n) is 1.61. The SMILES string of the molecule is CC(C)=N.Cc1ccc2c(c1)CNCC2. The van der Waals surface area contributed by atoms with Crippen molar-refractivity contribution in [2.24, 2.45) is 0 Å². The number of benzene rings is 1. The summed E-state index contributed by atoms with van der Waals surface area (Å²) in [5, 5.41) is 9.87. The van der Waals surface area contributed by atoms with Gasteiger partial charge >= 0.3 is 0 Å². The summed E-state index contributed by atoms with van der Waals surface area (Å²) in [5.41, 5.74) is 5.04. The number of hydrogen-bond donors (Lipinski definition) is 2. The molecule has 0 amide bonds. The van der Waals surface area contributed by atoms with Crippen LogP contribution in [0.2, 0.25) is 0 Å². The van der Waals surface area contributed by atoms with Gasteiger partial charge in [0.15, 0.2) is 0 Å². The molecule has 0 fully saturated rings. The molecular weight excluding hydrogens is 184 g/mol. The summed E-state index contributed by atoms with van der Waals surface area (Å²) in [5.74, 6) is 0. The molecule has 0 unspecified atom stereocenters. The fourth-order valence-corrected chi connectivity index (χ4v) is 1.61. The third kappa shape index (κ3) is 4.26. The lowest BCUT2D eigenvalue weighted by atomic mass is 9.99. The highest BCUT2D eigenvalue weighted by atomic mass is 14.9. The third-order valence-electron chi connectivity index (χ3n) is 2.25. The molecule has 1 aromatic carbocycles. The summed E-state index contributed by atoms with van der Waals surface area (Å²) < 4.78 is 0. The van der Waals surface area contributed by atoms with Crippen LogP contribution >= 0.6 is 0 Å². The Kier molecular flexibility index (Phi) is 4.50. The van der Waals surface area contributed by atoms with E-state index in [1.54, 1.807) is 13.8 Å². The van der Waals surface area contributed by atoms with Crippen LogP contribution in [0.3, 0.4) is 0 Å². The first-order valence-electron chi connectivity index (χ1n) is 5.40. The molecule has 0 saturated carbocycles. The van der Waals surface area contributed by atoms with Crippen molar-refractivity contribution < 1.29 is 0 Å². The van der Waals surface area contributed by atoms with Crippen LogP contribution < -0.4 is 5.32 Å². The van der Waals surface area contributed by atoms with E-state index in [1.807, 2.05) is 0 Å². The molecule has 2 rings (SSSR count). The second kappa shape index (κ2) is 5.66. The summed E-state index contributed by atoms with van der Waals surface area (Å²) in [4.78, 5) is 0. The van der Waals surface area contributed by atoms with Crippen LogP contribution in [-0.4, -0.2) is 12.3 Å². The summed E-state index contributed by atoms with van der Waals surface area (Å²) in [6.45, 7) is 7.84. The van der Waals surface area contributed by atoms with Crippen molar-refractivity contribution in [3.8, 4) is 0 Å². The number of rotatable bonds is 0. The minimum atomic E-state index is 0.667. The second-order valence-corrected chi connectivity index (χ2v) is 4.20. The molecule has 2 heteroatoms. The van der Waals surface area contributed by atoms with Gasteiger partial charge in [-0.25, -0.2) is 0 Å². The Hall–Kier alpha value is -1.15. The van der Waals surface area contributed by atoms with Crippen LogP contribution in [0, 0.1) is 12.3 Å². The average Bonchev–Trinajstić information content (AvgIpc) is 2.16. The van der Waals surface area contributed by atoms with Crippen LogP contribution in [0.25, 0.3) is 0 Å². The van der Waals surface area contributed by atoms with Gasteiger partial charge in [-0.15, -0.1) is 0 Å². The Bertz CT molecular complexity index is 338. The van der Waals surface area contributed by atoms with E-state index in [4.69, 9.17) is 5.41 Å². The number of nitrogens with one attached hydrogen (secondary N) is 2. The van der Waals surface area contributed by atoms with E-state index in [2.05, 4.69) is 30.4 Å². The maximum absolute atomic E-state index is 6.50. The molecule has 2 nitrogen and oxygen atoms in total. The molecular formula is C13H20N2. The molecule has 1 aliphatic rings. The predicted molar refractivity (Wildman–Crippen MR) is 65.7 cm³/mol. The lowest BCUT2D eigenvalue weighted by molar-refractivity contribution is 0.643. The first kappa shape index (κ1) is 11.9. The van der Waals surface area contributed by atoms with Crippen molar-refractivity contribution in [3.05, 3.63) is 34.9 Å². The Morgan fingerprint density at radius 1 is 1.27 bits per heavy atom. The molecule has 0 saturated heterocycles. The Morgan fingerprint density at radius 3 is 2.60 bits per heavy atom. The molecule has 82 valence electrons. The maximum atomic E-state index is 6.50. The smallest absolute Gasteiger partial charge is 0.0208 e. The summed E-state index contributed by atoms with van der Waals surface area (Å²) in [6, 6.07) is 6.73. The monoisotopic (exact) mass is 204 g/mol. The summed E-state index contributed by atoms with van der Waals surface area (Å²) in [6.07, 6.45) is 1.19. The number of hydrogen-bond acceptors (Lipinski definition) is 2. The van der Waals surface area contributed by atoms with E-state index >= 15 is 0 Å². The number of aryl methyl sites for hydroxylation is 1. The van der Waals surface area contributed by atoms with E-state index in [9.17, 15) is 0 Å². The van der Waals surface area contributed by atoms with Crippen LogP contribution in [0.15, 0.2) is 18.2 Å². The van der Waals surface area contributed by atoms with E-state index in [0.29, 0.717) is 5.71 Å². The first-order valence-corrected chi connectivity index (χ1v) is 5.40. The molecule has 0 aliphatic carbocycles. The van der Waals surface area contributed by atoms with Crippen LogP contribution in [0.1, 0.15) is 30.5 Å². The molecule has 1 heterocycles. The minimum Gasteiger partial charge on any atom is -0.312 e. The molecule has 1 aromatic rings. The van der Waals surface area contributed by atoms with Gasteiger partial charge < -0.3 is 10.7 Å². The van der Waals surface area contributed by atoms with Crippen molar-refractivity contribution in [1.29, 1.82) is 5.41 Å². The van der Waals surface area contributed by atoms with Gasteiger partial charge in [0.1, 0.15) is 0 Å². The van der Waals surface area contributed by atoms with Gasteiger partial charge in [-0.3, -0.25) is 0 Å². The zero-order valence-electron chi connectivity index (χ0n) is 9.85. The van der Waals surface area contributed by atoms with Crippen molar-refractivity contribution in [2.45, 2.75) is 33.7 Å². The molecule has 2 N–H and O–H groups in total. The molecule has 0 spiro atoms. The first-order chi connectivity index (χ1) is 7.09. The Morgan fingerprint density at radius 2 is 1.93 bits per heavy atom.